The largest absolute Gasteiger partial charge is 0.389 e. The van der Waals surface area contributed by atoms with E-state index < -0.39 is 5.60 Å². The first-order valence-corrected chi connectivity index (χ1v) is 10.1. The van der Waals surface area contributed by atoms with Gasteiger partial charge in [-0.15, -0.1) is 0 Å². The highest BCUT2D eigenvalue weighted by atomic mass is 19.1. The summed E-state index contributed by atoms with van der Waals surface area (Å²) in [6.45, 7) is 1.71. The van der Waals surface area contributed by atoms with Crippen molar-refractivity contribution in [1.82, 2.24) is 4.90 Å². The summed E-state index contributed by atoms with van der Waals surface area (Å²) in [6.07, 6.45) is 9.40. The zero-order valence-corrected chi connectivity index (χ0v) is 15.7. The molecule has 1 heterocycles. The van der Waals surface area contributed by atoms with E-state index in [-0.39, 0.29) is 17.8 Å². The van der Waals surface area contributed by atoms with E-state index in [0.29, 0.717) is 0 Å². The second-order valence-electron chi connectivity index (χ2n) is 8.01. The van der Waals surface area contributed by atoms with Gasteiger partial charge in [-0.2, -0.15) is 0 Å². The molecule has 2 aromatic rings. The number of nitrogens with zero attached hydrogens (tertiary/aromatic N) is 1. The first-order chi connectivity index (χ1) is 13.2. The summed E-state index contributed by atoms with van der Waals surface area (Å²) in [6, 6.07) is 17.3. The molecule has 2 aliphatic rings. The summed E-state index contributed by atoms with van der Waals surface area (Å²) in [5.74, 6) is 0.0135. The Morgan fingerprint density at radius 1 is 1.04 bits per heavy atom. The zero-order valence-electron chi connectivity index (χ0n) is 15.7. The SMILES string of the molecule is O[C@@]12CCCC[C@@H]1[C@@H](c1ccc(F)cc1)N(C/C=C/c1ccccc1)CC2. The lowest BCUT2D eigenvalue weighted by molar-refractivity contribution is -0.122. The van der Waals surface area contributed by atoms with Gasteiger partial charge in [0.25, 0.3) is 0 Å². The summed E-state index contributed by atoms with van der Waals surface area (Å²) >= 11 is 0. The Morgan fingerprint density at radius 2 is 1.81 bits per heavy atom. The molecule has 0 spiro atoms. The number of fused-ring (bicyclic) bond motifs is 1. The summed E-state index contributed by atoms with van der Waals surface area (Å²) in [5, 5.41) is 11.3. The van der Waals surface area contributed by atoms with Crippen molar-refractivity contribution < 1.29 is 9.50 Å². The van der Waals surface area contributed by atoms with Gasteiger partial charge in [0.1, 0.15) is 5.82 Å². The molecule has 2 nitrogen and oxygen atoms in total. The molecule has 1 N–H and O–H groups in total. The Bertz CT molecular complexity index is 773. The lowest BCUT2D eigenvalue weighted by Gasteiger charge is -2.52. The minimum absolute atomic E-state index is 0.144. The molecule has 27 heavy (non-hydrogen) atoms. The van der Waals surface area contributed by atoms with Crippen molar-refractivity contribution in [2.75, 3.05) is 13.1 Å². The molecule has 2 aromatic carbocycles. The van der Waals surface area contributed by atoms with Crippen LogP contribution >= 0.6 is 0 Å². The third kappa shape index (κ3) is 3.99. The first kappa shape index (κ1) is 18.4. The van der Waals surface area contributed by atoms with Gasteiger partial charge < -0.3 is 5.11 Å². The van der Waals surface area contributed by atoms with E-state index in [0.717, 1.165) is 44.3 Å². The lowest BCUT2D eigenvalue weighted by atomic mass is 9.66. The van der Waals surface area contributed by atoms with E-state index in [2.05, 4.69) is 29.2 Å². The number of benzene rings is 2. The minimum atomic E-state index is -0.572. The molecule has 0 bridgehead atoms. The maximum Gasteiger partial charge on any atom is 0.123 e. The van der Waals surface area contributed by atoms with Crippen LogP contribution in [-0.4, -0.2) is 28.7 Å². The maximum absolute atomic E-state index is 13.5. The predicted octanol–water partition coefficient (Wildman–Crippen LogP) is 5.21. The average molecular weight is 365 g/mol. The summed E-state index contributed by atoms with van der Waals surface area (Å²) in [5.41, 5.74) is 1.74. The second kappa shape index (κ2) is 7.95. The molecule has 0 aromatic heterocycles. The molecule has 1 saturated carbocycles. The Kier molecular flexibility index (Phi) is 5.42. The van der Waals surface area contributed by atoms with Gasteiger partial charge >= 0.3 is 0 Å². The van der Waals surface area contributed by atoms with Crippen LogP contribution in [0.15, 0.2) is 60.7 Å². The van der Waals surface area contributed by atoms with Gasteiger partial charge in [0.2, 0.25) is 0 Å². The fraction of sp³-hybridized carbons (Fsp3) is 0.417. The zero-order chi connectivity index (χ0) is 18.7. The summed E-state index contributed by atoms with van der Waals surface area (Å²) in [4.78, 5) is 2.46. The van der Waals surface area contributed by atoms with Crippen LogP contribution in [0.1, 0.15) is 49.3 Å². The highest BCUT2D eigenvalue weighted by Gasteiger charge is 2.48. The summed E-state index contributed by atoms with van der Waals surface area (Å²) < 4.78 is 13.5. The van der Waals surface area contributed by atoms with Crippen LogP contribution in [0, 0.1) is 11.7 Å². The van der Waals surface area contributed by atoms with Crippen molar-refractivity contribution in [3.63, 3.8) is 0 Å². The van der Waals surface area contributed by atoms with Crippen molar-refractivity contribution in [3.8, 4) is 0 Å². The van der Waals surface area contributed by atoms with Crippen LogP contribution < -0.4 is 0 Å². The van der Waals surface area contributed by atoms with Crippen LogP contribution in [0.4, 0.5) is 4.39 Å². The fourth-order valence-corrected chi connectivity index (χ4v) is 4.94. The van der Waals surface area contributed by atoms with Crippen LogP contribution in [0.5, 0.6) is 0 Å². The van der Waals surface area contributed by atoms with Crippen LogP contribution in [0.25, 0.3) is 6.08 Å². The Hall–Kier alpha value is -1.97. The molecular weight excluding hydrogens is 337 g/mol. The Labute approximate surface area is 161 Å². The van der Waals surface area contributed by atoms with Gasteiger partial charge in [0, 0.05) is 25.0 Å². The van der Waals surface area contributed by atoms with E-state index in [1.54, 1.807) is 12.1 Å². The monoisotopic (exact) mass is 365 g/mol. The molecule has 1 saturated heterocycles. The predicted molar refractivity (Wildman–Crippen MR) is 108 cm³/mol. The number of rotatable bonds is 4. The molecule has 3 atom stereocenters. The van der Waals surface area contributed by atoms with E-state index in [9.17, 15) is 9.50 Å². The van der Waals surface area contributed by atoms with Crippen LogP contribution in [-0.2, 0) is 0 Å². The molecule has 0 amide bonds. The molecule has 3 heteroatoms. The molecule has 1 aliphatic heterocycles. The van der Waals surface area contributed by atoms with E-state index in [4.69, 9.17) is 0 Å². The quantitative estimate of drug-likeness (QED) is 0.804. The average Bonchev–Trinajstić information content (AvgIpc) is 2.69. The van der Waals surface area contributed by atoms with Gasteiger partial charge in [0.05, 0.1) is 5.60 Å². The van der Waals surface area contributed by atoms with Crippen molar-refractivity contribution in [2.24, 2.45) is 5.92 Å². The second-order valence-corrected chi connectivity index (χ2v) is 8.01. The molecule has 1 aliphatic carbocycles. The molecule has 142 valence electrons. The fourth-order valence-electron chi connectivity index (χ4n) is 4.94. The van der Waals surface area contributed by atoms with Crippen molar-refractivity contribution in [3.05, 3.63) is 77.6 Å². The van der Waals surface area contributed by atoms with Crippen molar-refractivity contribution >= 4 is 6.08 Å². The van der Waals surface area contributed by atoms with Gasteiger partial charge in [-0.3, -0.25) is 4.90 Å². The number of likely N-dealkylation sites (tertiary alicyclic amines) is 1. The highest BCUT2D eigenvalue weighted by molar-refractivity contribution is 5.48. The molecule has 0 unspecified atom stereocenters. The number of hydrogen-bond acceptors (Lipinski definition) is 2. The van der Waals surface area contributed by atoms with Crippen molar-refractivity contribution in [1.29, 1.82) is 0 Å². The minimum Gasteiger partial charge on any atom is -0.389 e. The van der Waals surface area contributed by atoms with E-state index in [1.165, 1.54) is 12.0 Å². The van der Waals surface area contributed by atoms with Gasteiger partial charge in [-0.25, -0.2) is 4.39 Å². The Morgan fingerprint density at radius 3 is 2.59 bits per heavy atom. The normalized spacial score (nSPS) is 29.0. The van der Waals surface area contributed by atoms with Crippen LogP contribution in [0.3, 0.4) is 0 Å². The van der Waals surface area contributed by atoms with Gasteiger partial charge in [-0.05, 0) is 42.5 Å². The number of aliphatic hydroxyl groups is 1. The van der Waals surface area contributed by atoms with E-state index in [1.807, 2.05) is 30.3 Å². The van der Waals surface area contributed by atoms with E-state index >= 15 is 0 Å². The summed E-state index contributed by atoms with van der Waals surface area (Å²) in [7, 11) is 0. The highest BCUT2D eigenvalue weighted by Crippen LogP contribution is 2.49. The van der Waals surface area contributed by atoms with Gasteiger partial charge in [-0.1, -0.05) is 67.5 Å². The van der Waals surface area contributed by atoms with Gasteiger partial charge in [0.15, 0.2) is 0 Å². The number of piperidine rings is 1. The Balaban J connectivity index is 1.58. The molecule has 4 rings (SSSR count). The van der Waals surface area contributed by atoms with Crippen LogP contribution in [0.2, 0.25) is 0 Å². The molecule has 2 fully saturated rings. The van der Waals surface area contributed by atoms with Crippen molar-refractivity contribution in [2.45, 2.75) is 43.7 Å². The molecule has 0 radical (unpaired) electrons. The number of hydrogen-bond donors (Lipinski definition) is 1. The molecular formula is C24H28FNO. The first-order valence-electron chi connectivity index (χ1n) is 10.1. The smallest absolute Gasteiger partial charge is 0.123 e. The lowest BCUT2D eigenvalue weighted by Crippen LogP contribution is -2.54. The number of halogens is 1. The third-order valence-electron chi connectivity index (χ3n) is 6.33. The standard InChI is InChI=1S/C24H28FNO/c25-21-13-11-20(12-14-21)23-22-10-4-5-15-24(22,27)16-18-26(23)17-6-9-19-7-2-1-3-8-19/h1-3,6-9,11-14,22-23,27H,4-5,10,15-18H2/b9-6+/t22-,23-,24-/m1/s1. The topological polar surface area (TPSA) is 23.5 Å². The maximum atomic E-state index is 13.5. The third-order valence-corrected chi connectivity index (χ3v) is 6.33.